The van der Waals surface area contributed by atoms with E-state index < -0.39 is 11.9 Å². The van der Waals surface area contributed by atoms with Crippen molar-refractivity contribution in [3.05, 3.63) is 34.3 Å². The van der Waals surface area contributed by atoms with Gasteiger partial charge < -0.3 is 10.0 Å². The van der Waals surface area contributed by atoms with Crippen molar-refractivity contribution < 1.29 is 14.7 Å². The van der Waals surface area contributed by atoms with E-state index in [0.717, 1.165) is 4.47 Å². The molecule has 0 radical (unpaired) electrons. The van der Waals surface area contributed by atoms with E-state index in [4.69, 9.17) is 5.11 Å². The summed E-state index contributed by atoms with van der Waals surface area (Å²) in [7, 11) is 0. The first-order valence-electron chi connectivity index (χ1n) is 5.80. The van der Waals surface area contributed by atoms with Crippen molar-refractivity contribution in [2.75, 3.05) is 6.54 Å². The number of benzene rings is 1. The van der Waals surface area contributed by atoms with Gasteiger partial charge in [-0.05, 0) is 41.4 Å². The van der Waals surface area contributed by atoms with E-state index >= 15 is 0 Å². The van der Waals surface area contributed by atoms with Gasteiger partial charge in [-0.1, -0.05) is 12.1 Å². The van der Waals surface area contributed by atoms with E-state index in [1.165, 1.54) is 0 Å². The molecule has 4 nitrogen and oxygen atoms in total. The van der Waals surface area contributed by atoms with Crippen LogP contribution in [0.25, 0.3) is 0 Å². The topological polar surface area (TPSA) is 57.6 Å². The summed E-state index contributed by atoms with van der Waals surface area (Å²) in [5.74, 6) is -1.40. The molecule has 18 heavy (non-hydrogen) atoms. The average molecular weight is 312 g/mol. The summed E-state index contributed by atoms with van der Waals surface area (Å²) >= 11 is 3.34. The molecular formula is C13H14BrNO3. The molecule has 0 aromatic heterocycles. The quantitative estimate of drug-likeness (QED) is 0.912. The number of carboxylic acid groups (broad SMARTS) is 1. The third-order valence-corrected chi connectivity index (χ3v) is 4.13. The minimum Gasteiger partial charge on any atom is -0.481 e. The molecule has 96 valence electrons. The van der Waals surface area contributed by atoms with Crippen LogP contribution in [0.2, 0.25) is 0 Å². The lowest BCUT2D eigenvalue weighted by Gasteiger charge is -2.23. The average Bonchev–Trinajstić information content (AvgIpc) is 2.71. The van der Waals surface area contributed by atoms with Gasteiger partial charge >= 0.3 is 5.97 Å². The fourth-order valence-electron chi connectivity index (χ4n) is 2.35. The molecule has 0 aliphatic carbocycles. The molecular weight excluding hydrogens is 298 g/mol. The van der Waals surface area contributed by atoms with Crippen LogP contribution >= 0.6 is 15.9 Å². The van der Waals surface area contributed by atoms with Gasteiger partial charge in [-0.2, -0.15) is 0 Å². The Kier molecular flexibility index (Phi) is 3.71. The van der Waals surface area contributed by atoms with Crippen molar-refractivity contribution in [2.24, 2.45) is 5.92 Å². The first kappa shape index (κ1) is 13.1. The van der Waals surface area contributed by atoms with Crippen molar-refractivity contribution in [1.29, 1.82) is 0 Å². The Morgan fingerprint density at radius 1 is 1.39 bits per heavy atom. The fourth-order valence-corrected chi connectivity index (χ4v) is 2.80. The number of carboxylic acids is 1. The molecule has 1 N–H and O–H groups in total. The molecule has 1 heterocycles. The second-order valence-corrected chi connectivity index (χ2v) is 5.31. The number of likely N-dealkylation sites (tertiary alicyclic amines) is 1. The number of hydrogen-bond acceptors (Lipinski definition) is 2. The van der Waals surface area contributed by atoms with Gasteiger partial charge in [-0.3, -0.25) is 9.59 Å². The first-order chi connectivity index (χ1) is 8.52. The number of hydrogen-bond donors (Lipinski definition) is 1. The predicted molar refractivity (Wildman–Crippen MR) is 70.4 cm³/mol. The maximum atomic E-state index is 12.3. The molecule has 2 unspecified atom stereocenters. The molecule has 1 fully saturated rings. The Morgan fingerprint density at radius 3 is 2.61 bits per heavy atom. The molecule has 0 bridgehead atoms. The smallest absolute Gasteiger partial charge is 0.308 e. The van der Waals surface area contributed by atoms with Gasteiger partial charge in [-0.25, -0.2) is 0 Å². The lowest BCUT2D eigenvalue weighted by atomic mass is 10.0. The first-order valence-corrected chi connectivity index (χ1v) is 6.60. The SMILES string of the molecule is CC1C(C(=O)O)CCN1C(=O)c1ccccc1Br. The number of amides is 1. The Bertz CT molecular complexity index is 489. The van der Waals surface area contributed by atoms with Crippen molar-refractivity contribution in [1.82, 2.24) is 4.90 Å². The van der Waals surface area contributed by atoms with Gasteiger partial charge in [0.05, 0.1) is 11.5 Å². The highest BCUT2D eigenvalue weighted by Crippen LogP contribution is 2.27. The largest absolute Gasteiger partial charge is 0.481 e. The van der Waals surface area contributed by atoms with Crippen LogP contribution in [0.1, 0.15) is 23.7 Å². The molecule has 0 saturated carbocycles. The van der Waals surface area contributed by atoms with Crippen molar-refractivity contribution in [3.63, 3.8) is 0 Å². The Labute approximate surface area is 114 Å². The summed E-state index contributed by atoms with van der Waals surface area (Å²) in [5, 5.41) is 9.06. The maximum Gasteiger partial charge on any atom is 0.308 e. The minimum atomic E-state index is -0.829. The molecule has 2 atom stereocenters. The van der Waals surface area contributed by atoms with Gasteiger partial charge in [-0.15, -0.1) is 0 Å². The van der Waals surface area contributed by atoms with E-state index in [1.807, 2.05) is 12.1 Å². The third kappa shape index (κ3) is 2.27. The van der Waals surface area contributed by atoms with Crippen LogP contribution in [-0.2, 0) is 4.79 Å². The van der Waals surface area contributed by atoms with Gasteiger partial charge in [0.2, 0.25) is 0 Å². The van der Waals surface area contributed by atoms with Gasteiger partial charge in [0, 0.05) is 17.1 Å². The fraction of sp³-hybridized carbons (Fsp3) is 0.385. The van der Waals surface area contributed by atoms with Crippen LogP contribution in [0.5, 0.6) is 0 Å². The van der Waals surface area contributed by atoms with Crippen LogP contribution in [0, 0.1) is 5.92 Å². The van der Waals surface area contributed by atoms with E-state index in [0.29, 0.717) is 18.5 Å². The van der Waals surface area contributed by atoms with Gasteiger partial charge in [0.25, 0.3) is 5.91 Å². The Hall–Kier alpha value is -1.36. The maximum absolute atomic E-state index is 12.3. The number of carbonyl (C=O) groups is 2. The molecule has 5 heteroatoms. The Balaban J connectivity index is 2.21. The second-order valence-electron chi connectivity index (χ2n) is 4.45. The lowest BCUT2D eigenvalue weighted by molar-refractivity contribution is -0.142. The minimum absolute atomic E-state index is 0.112. The molecule has 1 amide bonds. The van der Waals surface area contributed by atoms with Crippen molar-refractivity contribution in [2.45, 2.75) is 19.4 Å². The zero-order valence-electron chi connectivity index (χ0n) is 9.97. The zero-order valence-corrected chi connectivity index (χ0v) is 11.6. The highest BCUT2D eigenvalue weighted by Gasteiger charge is 2.38. The van der Waals surface area contributed by atoms with E-state index in [-0.39, 0.29) is 11.9 Å². The van der Waals surface area contributed by atoms with Crippen molar-refractivity contribution in [3.8, 4) is 0 Å². The molecule has 1 saturated heterocycles. The highest BCUT2D eigenvalue weighted by atomic mass is 79.9. The van der Waals surface area contributed by atoms with Crippen LogP contribution < -0.4 is 0 Å². The van der Waals surface area contributed by atoms with E-state index in [2.05, 4.69) is 15.9 Å². The summed E-state index contributed by atoms with van der Waals surface area (Å²) in [5.41, 5.74) is 0.579. The van der Waals surface area contributed by atoms with Crippen LogP contribution in [0.15, 0.2) is 28.7 Å². The molecule has 1 aliphatic heterocycles. The molecule has 2 rings (SSSR count). The number of halogens is 1. The van der Waals surface area contributed by atoms with Crippen LogP contribution in [0.4, 0.5) is 0 Å². The summed E-state index contributed by atoms with van der Waals surface area (Å²) in [6.07, 6.45) is 0.521. The molecule has 1 aromatic carbocycles. The second kappa shape index (κ2) is 5.10. The Morgan fingerprint density at radius 2 is 2.06 bits per heavy atom. The summed E-state index contributed by atoms with van der Waals surface area (Å²) in [4.78, 5) is 25.0. The number of aliphatic carboxylic acids is 1. The van der Waals surface area contributed by atoms with Crippen LogP contribution in [0.3, 0.4) is 0 Å². The third-order valence-electron chi connectivity index (χ3n) is 3.44. The summed E-state index contributed by atoms with van der Waals surface area (Å²) in [6, 6.07) is 6.93. The lowest BCUT2D eigenvalue weighted by Crippen LogP contribution is -2.37. The van der Waals surface area contributed by atoms with Gasteiger partial charge in [0.1, 0.15) is 0 Å². The number of nitrogens with zero attached hydrogens (tertiary/aromatic N) is 1. The molecule has 1 aromatic rings. The summed E-state index contributed by atoms with van der Waals surface area (Å²) in [6.45, 7) is 2.29. The predicted octanol–water partition coefficient (Wildman–Crippen LogP) is 2.38. The van der Waals surface area contributed by atoms with E-state index in [1.54, 1.807) is 24.0 Å². The number of carbonyl (C=O) groups excluding carboxylic acids is 1. The molecule has 0 spiro atoms. The number of rotatable bonds is 2. The van der Waals surface area contributed by atoms with Crippen LogP contribution in [-0.4, -0.2) is 34.5 Å². The standard InChI is InChI=1S/C13H14BrNO3/c1-8-9(13(17)18)6-7-15(8)12(16)10-4-2-3-5-11(10)14/h2-5,8-9H,6-7H2,1H3,(H,17,18). The summed E-state index contributed by atoms with van der Waals surface area (Å²) < 4.78 is 0.737. The monoisotopic (exact) mass is 311 g/mol. The van der Waals surface area contributed by atoms with E-state index in [9.17, 15) is 9.59 Å². The normalized spacial score (nSPS) is 23.1. The molecule has 1 aliphatic rings. The van der Waals surface area contributed by atoms with Gasteiger partial charge in [0.15, 0.2) is 0 Å². The zero-order chi connectivity index (χ0) is 13.3. The van der Waals surface area contributed by atoms with Crippen molar-refractivity contribution >= 4 is 27.8 Å². The highest BCUT2D eigenvalue weighted by molar-refractivity contribution is 9.10.